The standard InChI is InChI=1S/C40H36O12/c1-18(2)10-11-39-27-9-6-22(43)16-31(27)52-40(39,50)38(49)35-32(51-39)17-30(46)34(37(35)48)26-13-19(3)12-25(23-7-4-20(41)14-28(23)44)33(26)36(47)24-8-5-21(42)15-29(24)45/h4-10,13-17,25-26,33,41-46,48,50H,11-12H2,1-3H3/t25-,26+,33-,39-,40-/m1/s1. The van der Waals surface area contributed by atoms with E-state index >= 15 is 0 Å². The number of hydrogen-bond donors (Lipinski definition) is 8. The molecule has 0 bridgehead atoms. The van der Waals surface area contributed by atoms with Gasteiger partial charge in [0.1, 0.15) is 57.3 Å². The minimum Gasteiger partial charge on any atom is -0.508 e. The Morgan fingerprint density at radius 2 is 1.48 bits per heavy atom. The van der Waals surface area contributed by atoms with Gasteiger partial charge >= 0.3 is 5.79 Å². The summed E-state index contributed by atoms with van der Waals surface area (Å²) in [7, 11) is 0. The number of aliphatic hydroxyl groups is 1. The van der Waals surface area contributed by atoms with Crippen LogP contribution in [0, 0.1) is 5.92 Å². The quantitative estimate of drug-likeness (QED) is 0.0824. The highest BCUT2D eigenvalue weighted by molar-refractivity contribution is 6.09. The van der Waals surface area contributed by atoms with E-state index in [9.17, 15) is 50.4 Å². The Balaban J connectivity index is 1.43. The third-order valence-corrected chi connectivity index (χ3v) is 10.2. The van der Waals surface area contributed by atoms with Crippen molar-refractivity contribution < 1.29 is 59.9 Å². The van der Waals surface area contributed by atoms with Gasteiger partial charge in [0.05, 0.1) is 5.56 Å². The molecule has 3 aliphatic rings. The molecule has 12 nitrogen and oxygen atoms in total. The second-order valence-electron chi connectivity index (χ2n) is 13.9. The molecule has 1 aliphatic carbocycles. The molecule has 0 radical (unpaired) electrons. The van der Waals surface area contributed by atoms with Crippen LogP contribution in [0.5, 0.6) is 51.7 Å². The zero-order valence-electron chi connectivity index (χ0n) is 28.3. The smallest absolute Gasteiger partial charge is 0.318 e. The van der Waals surface area contributed by atoms with Gasteiger partial charge in [0, 0.05) is 59.6 Å². The molecule has 4 aromatic carbocycles. The fourth-order valence-corrected chi connectivity index (χ4v) is 7.85. The van der Waals surface area contributed by atoms with Crippen LogP contribution in [0.15, 0.2) is 84.0 Å². The van der Waals surface area contributed by atoms with Crippen molar-refractivity contribution in [1.29, 1.82) is 0 Å². The minimum absolute atomic E-state index is 0.0310. The Labute approximate surface area is 297 Å². The maximum absolute atomic E-state index is 14.6. The molecule has 268 valence electrons. The zero-order chi connectivity index (χ0) is 37.4. The van der Waals surface area contributed by atoms with Crippen molar-refractivity contribution in [2.75, 3.05) is 0 Å². The van der Waals surface area contributed by atoms with Gasteiger partial charge in [-0.05, 0) is 63.1 Å². The number of ether oxygens (including phenoxy) is 2. The van der Waals surface area contributed by atoms with Gasteiger partial charge in [0.2, 0.25) is 11.4 Å². The number of hydrogen-bond acceptors (Lipinski definition) is 12. The van der Waals surface area contributed by atoms with E-state index in [2.05, 4.69) is 0 Å². The summed E-state index contributed by atoms with van der Waals surface area (Å²) in [6.07, 6.45) is 3.48. The molecule has 2 heterocycles. The summed E-state index contributed by atoms with van der Waals surface area (Å²) >= 11 is 0. The fraction of sp³-hybridized carbons (Fsp3) is 0.250. The molecule has 0 saturated heterocycles. The maximum atomic E-state index is 14.6. The molecule has 0 saturated carbocycles. The molecule has 8 N–H and O–H groups in total. The second-order valence-corrected chi connectivity index (χ2v) is 13.9. The van der Waals surface area contributed by atoms with Gasteiger partial charge < -0.3 is 50.3 Å². The van der Waals surface area contributed by atoms with E-state index in [0.29, 0.717) is 5.57 Å². The predicted octanol–water partition coefficient (Wildman–Crippen LogP) is 6.25. The number of ketones is 2. The number of rotatable bonds is 6. The average Bonchev–Trinajstić information content (AvgIpc) is 3.30. The summed E-state index contributed by atoms with van der Waals surface area (Å²) in [4.78, 5) is 29.1. The number of aromatic hydroxyl groups is 7. The zero-order valence-corrected chi connectivity index (χ0v) is 28.3. The molecule has 7 rings (SSSR count). The highest BCUT2D eigenvalue weighted by Crippen LogP contribution is 2.61. The van der Waals surface area contributed by atoms with Crippen molar-refractivity contribution in [3.63, 3.8) is 0 Å². The van der Waals surface area contributed by atoms with E-state index in [-0.39, 0.29) is 69.6 Å². The molecule has 2 aliphatic heterocycles. The number of benzene rings is 4. The fourth-order valence-electron chi connectivity index (χ4n) is 7.85. The lowest BCUT2D eigenvalue weighted by Crippen LogP contribution is -2.62. The normalized spacial score (nSPS) is 24.4. The molecular weight excluding hydrogens is 672 g/mol. The highest BCUT2D eigenvalue weighted by Gasteiger charge is 2.70. The van der Waals surface area contributed by atoms with Crippen LogP contribution in [-0.2, 0) is 5.60 Å². The summed E-state index contributed by atoms with van der Waals surface area (Å²) in [5, 5.41) is 87.8. The summed E-state index contributed by atoms with van der Waals surface area (Å²) < 4.78 is 12.3. The molecular formula is C40H36O12. The number of Topliss-reactive ketones (excluding diaryl/α,β-unsaturated/α-hetero) is 2. The Morgan fingerprint density at radius 1 is 0.827 bits per heavy atom. The van der Waals surface area contributed by atoms with E-state index < -0.39 is 63.5 Å². The van der Waals surface area contributed by atoms with Crippen molar-refractivity contribution in [2.24, 2.45) is 5.92 Å². The van der Waals surface area contributed by atoms with Crippen LogP contribution in [0.25, 0.3) is 0 Å². The molecule has 0 aromatic heterocycles. The van der Waals surface area contributed by atoms with Crippen molar-refractivity contribution in [3.05, 3.63) is 112 Å². The number of allylic oxidation sites excluding steroid dienone is 3. The predicted molar refractivity (Wildman–Crippen MR) is 185 cm³/mol. The van der Waals surface area contributed by atoms with Crippen LogP contribution >= 0.6 is 0 Å². The summed E-state index contributed by atoms with van der Waals surface area (Å²) in [6.45, 7) is 5.37. The maximum Gasteiger partial charge on any atom is 0.318 e. The van der Waals surface area contributed by atoms with Gasteiger partial charge in [-0.2, -0.15) is 0 Å². The Bertz CT molecular complexity index is 2250. The molecule has 4 aromatic rings. The first-order valence-electron chi connectivity index (χ1n) is 16.5. The molecule has 52 heavy (non-hydrogen) atoms. The number of carbonyl (C=O) groups is 2. The van der Waals surface area contributed by atoms with E-state index in [1.165, 1.54) is 42.5 Å². The van der Waals surface area contributed by atoms with Crippen molar-refractivity contribution in [3.8, 4) is 51.7 Å². The van der Waals surface area contributed by atoms with E-state index in [1.54, 1.807) is 19.1 Å². The second kappa shape index (κ2) is 12.0. The molecule has 12 heteroatoms. The van der Waals surface area contributed by atoms with Gasteiger partial charge in [0.15, 0.2) is 5.78 Å². The van der Waals surface area contributed by atoms with Gasteiger partial charge in [-0.3, -0.25) is 9.59 Å². The van der Waals surface area contributed by atoms with Crippen LogP contribution in [-0.4, -0.2) is 58.2 Å². The Morgan fingerprint density at radius 3 is 2.15 bits per heavy atom. The van der Waals surface area contributed by atoms with Gasteiger partial charge in [-0.15, -0.1) is 0 Å². The van der Waals surface area contributed by atoms with Crippen LogP contribution in [0.3, 0.4) is 0 Å². The molecule has 0 spiro atoms. The molecule has 0 unspecified atom stereocenters. The minimum atomic E-state index is -2.75. The lowest BCUT2D eigenvalue weighted by atomic mass is 9.65. The van der Waals surface area contributed by atoms with Crippen LogP contribution in [0.2, 0.25) is 0 Å². The summed E-state index contributed by atoms with van der Waals surface area (Å²) in [5.41, 5.74) is -0.891. The summed E-state index contributed by atoms with van der Waals surface area (Å²) in [6, 6.07) is 12.5. The van der Waals surface area contributed by atoms with Crippen LogP contribution in [0.1, 0.15) is 82.9 Å². The van der Waals surface area contributed by atoms with Crippen molar-refractivity contribution in [1.82, 2.24) is 0 Å². The first kappa shape index (κ1) is 34.3. The van der Waals surface area contributed by atoms with E-state index in [1.807, 2.05) is 13.8 Å². The third-order valence-electron chi connectivity index (χ3n) is 10.2. The number of carbonyl (C=O) groups excluding carboxylic acids is 2. The van der Waals surface area contributed by atoms with E-state index in [4.69, 9.17) is 9.47 Å². The van der Waals surface area contributed by atoms with Crippen LogP contribution < -0.4 is 9.47 Å². The lowest BCUT2D eigenvalue weighted by molar-refractivity contribution is -0.201. The molecule has 5 atom stereocenters. The monoisotopic (exact) mass is 708 g/mol. The molecule has 0 amide bonds. The van der Waals surface area contributed by atoms with Crippen molar-refractivity contribution >= 4 is 11.6 Å². The van der Waals surface area contributed by atoms with E-state index in [0.717, 1.165) is 23.8 Å². The topological polar surface area (TPSA) is 214 Å². The summed E-state index contributed by atoms with van der Waals surface area (Å²) in [5.74, 6) is -11.1. The molecule has 0 fully saturated rings. The van der Waals surface area contributed by atoms with Gasteiger partial charge in [0.25, 0.3) is 0 Å². The highest BCUT2D eigenvalue weighted by atomic mass is 16.7. The Kier molecular flexibility index (Phi) is 7.91. The van der Waals surface area contributed by atoms with Crippen molar-refractivity contribution in [2.45, 2.75) is 56.8 Å². The largest absolute Gasteiger partial charge is 0.508 e. The lowest BCUT2D eigenvalue weighted by Gasteiger charge is -2.43. The van der Waals surface area contributed by atoms with Crippen LogP contribution in [0.4, 0.5) is 0 Å². The number of fused-ring (bicyclic) bond motifs is 4. The number of phenols is 7. The van der Waals surface area contributed by atoms with Gasteiger partial charge in [-0.25, -0.2) is 0 Å². The first-order valence-corrected chi connectivity index (χ1v) is 16.5. The van der Waals surface area contributed by atoms with Gasteiger partial charge in [-0.1, -0.05) is 29.4 Å². The Hall–Kier alpha value is -6.14. The number of phenolic OH excluding ortho intramolecular Hbond substituents is 7. The average molecular weight is 709 g/mol. The SMILES string of the molecule is CC(C)=CC[C@]12Oc3cc(O)c([C@H]4C=C(C)C[C@H](c5ccc(O)cc5O)[C@H]4C(=O)c4ccc(O)cc4O)c(O)c3C(=O)[C@@]1(O)Oc1cc(O)ccc12. The third kappa shape index (κ3) is 5.09. The first-order chi connectivity index (χ1) is 24.6.